The molecule has 0 aliphatic rings. The lowest BCUT2D eigenvalue weighted by molar-refractivity contribution is 0.0318. The average Bonchev–Trinajstić information content (AvgIpc) is 2.43. The van der Waals surface area contributed by atoms with Crippen molar-refractivity contribution in [2.75, 3.05) is 13.2 Å². The monoisotopic (exact) mass is 267 g/mol. The molecule has 0 heterocycles. The summed E-state index contributed by atoms with van der Waals surface area (Å²) >= 11 is 0. The molecule has 3 heteroatoms. The first-order valence-electron chi connectivity index (χ1n) is 7.31. The van der Waals surface area contributed by atoms with Gasteiger partial charge in [0.15, 0.2) is 0 Å². The molecule has 0 bridgehead atoms. The second-order valence-electron chi connectivity index (χ2n) is 4.76. The molecule has 1 aromatic rings. The summed E-state index contributed by atoms with van der Waals surface area (Å²) in [6.45, 7) is 7.88. The molecular formula is C16H26FNO. The van der Waals surface area contributed by atoms with Crippen molar-refractivity contribution >= 4 is 0 Å². The van der Waals surface area contributed by atoms with Crippen molar-refractivity contribution in [1.29, 1.82) is 0 Å². The third-order valence-corrected chi connectivity index (χ3v) is 3.29. The number of nitrogens with one attached hydrogen (secondary N) is 1. The second kappa shape index (κ2) is 9.05. The van der Waals surface area contributed by atoms with Crippen molar-refractivity contribution in [3.8, 4) is 0 Å². The van der Waals surface area contributed by atoms with Gasteiger partial charge < -0.3 is 10.1 Å². The number of hydrogen-bond acceptors (Lipinski definition) is 2. The molecule has 0 radical (unpaired) electrons. The van der Waals surface area contributed by atoms with E-state index in [1.54, 1.807) is 6.07 Å². The molecule has 2 unspecified atom stereocenters. The first-order valence-corrected chi connectivity index (χ1v) is 7.31. The number of halogens is 1. The maximum atomic E-state index is 13.8. The Morgan fingerprint density at radius 3 is 2.53 bits per heavy atom. The van der Waals surface area contributed by atoms with Gasteiger partial charge in [-0.05, 0) is 44.4 Å². The Balaban J connectivity index is 2.75. The highest BCUT2D eigenvalue weighted by molar-refractivity contribution is 5.18. The average molecular weight is 267 g/mol. The fourth-order valence-electron chi connectivity index (χ4n) is 2.30. The van der Waals surface area contributed by atoms with E-state index in [1.165, 1.54) is 6.07 Å². The van der Waals surface area contributed by atoms with Gasteiger partial charge in [0, 0.05) is 12.6 Å². The van der Waals surface area contributed by atoms with Crippen molar-refractivity contribution in [3.05, 3.63) is 35.6 Å². The number of benzene rings is 1. The Hall–Kier alpha value is -0.930. The Labute approximate surface area is 116 Å². The molecule has 0 aliphatic carbocycles. The van der Waals surface area contributed by atoms with Crippen LogP contribution in [0.5, 0.6) is 0 Å². The van der Waals surface area contributed by atoms with Gasteiger partial charge in [0.25, 0.3) is 0 Å². The highest BCUT2D eigenvalue weighted by Gasteiger charge is 2.21. The molecule has 0 fully saturated rings. The fraction of sp³-hybridized carbons (Fsp3) is 0.625. The number of ether oxygens (including phenoxy) is 1. The summed E-state index contributed by atoms with van der Waals surface area (Å²) in [5.74, 6) is -0.128. The van der Waals surface area contributed by atoms with E-state index in [1.807, 2.05) is 19.1 Å². The summed E-state index contributed by atoms with van der Waals surface area (Å²) in [5, 5.41) is 3.49. The smallest absolute Gasteiger partial charge is 0.126 e. The largest absolute Gasteiger partial charge is 0.377 e. The first-order chi connectivity index (χ1) is 9.22. The molecule has 2 nitrogen and oxygen atoms in total. The van der Waals surface area contributed by atoms with Crippen LogP contribution in [0.1, 0.15) is 39.2 Å². The van der Waals surface area contributed by atoms with Gasteiger partial charge in [-0.3, -0.25) is 0 Å². The van der Waals surface area contributed by atoms with Crippen LogP contribution >= 0.6 is 0 Å². The second-order valence-corrected chi connectivity index (χ2v) is 4.76. The quantitative estimate of drug-likeness (QED) is 0.739. The van der Waals surface area contributed by atoms with Gasteiger partial charge >= 0.3 is 0 Å². The van der Waals surface area contributed by atoms with Gasteiger partial charge in [-0.25, -0.2) is 4.39 Å². The van der Waals surface area contributed by atoms with E-state index >= 15 is 0 Å². The van der Waals surface area contributed by atoms with Crippen LogP contribution in [0.25, 0.3) is 0 Å². The molecule has 0 aliphatic heterocycles. The molecule has 0 spiro atoms. The van der Waals surface area contributed by atoms with Crippen molar-refractivity contribution < 1.29 is 9.13 Å². The highest BCUT2D eigenvalue weighted by Crippen LogP contribution is 2.14. The van der Waals surface area contributed by atoms with Crippen LogP contribution in [-0.4, -0.2) is 25.3 Å². The summed E-state index contributed by atoms with van der Waals surface area (Å²) < 4.78 is 19.5. The zero-order valence-corrected chi connectivity index (χ0v) is 12.3. The Bertz CT molecular complexity index is 356. The molecule has 1 rings (SSSR count). The van der Waals surface area contributed by atoms with E-state index in [2.05, 4.69) is 19.2 Å². The fourth-order valence-corrected chi connectivity index (χ4v) is 2.30. The van der Waals surface area contributed by atoms with Gasteiger partial charge in [-0.15, -0.1) is 0 Å². The minimum atomic E-state index is -0.128. The molecule has 1 N–H and O–H groups in total. The summed E-state index contributed by atoms with van der Waals surface area (Å²) in [6.07, 6.45) is 2.81. The van der Waals surface area contributed by atoms with Crippen LogP contribution < -0.4 is 5.32 Å². The lowest BCUT2D eigenvalue weighted by atomic mass is 9.99. The summed E-state index contributed by atoms with van der Waals surface area (Å²) in [5.41, 5.74) is 0.759. The Kier molecular flexibility index (Phi) is 7.68. The predicted octanol–water partition coefficient (Wildman–Crippen LogP) is 3.55. The SMILES string of the molecule is CCCNC(Cc1ccccc1F)C(CC)OCC. The zero-order valence-electron chi connectivity index (χ0n) is 12.3. The van der Waals surface area contributed by atoms with Crippen LogP contribution in [0.3, 0.4) is 0 Å². The van der Waals surface area contributed by atoms with E-state index in [0.717, 1.165) is 24.9 Å². The topological polar surface area (TPSA) is 21.3 Å². The molecule has 2 atom stereocenters. The van der Waals surface area contributed by atoms with Gasteiger partial charge in [0.1, 0.15) is 5.82 Å². The third kappa shape index (κ3) is 5.29. The molecule has 1 aromatic carbocycles. The molecule has 0 saturated heterocycles. The standard InChI is InChI=1S/C16H26FNO/c1-4-11-18-15(16(5-2)19-6-3)12-13-9-7-8-10-14(13)17/h7-10,15-16,18H,4-6,11-12H2,1-3H3. The van der Waals surface area contributed by atoms with Crippen LogP contribution in [0.4, 0.5) is 4.39 Å². The van der Waals surface area contributed by atoms with Gasteiger partial charge in [-0.2, -0.15) is 0 Å². The molecule has 19 heavy (non-hydrogen) atoms. The predicted molar refractivity (Wildman–Crippen MR) is 77.9 cm³/mol. The Morgan fingerprint density at radius 2 is 1.95 bits per heavy atom. The zero-order chi connectivity index (χ0) is 14.1. The van der Waals surface area contributed by atoms with Crippen LogP contribution in [0.2, 0.25) is 0 Å². The molecular weight excluding hydrogens is 241 g/mol. The molecule has 0 amide bonds. The first kappa shape index (κ1) is 16.1. The minimum Gasteiger partial charge on any atom is -0.377 e. The van der Waals surface area contributed by atoms with Crippen molar-refractivity contribution in [3.63, 3.8) is 0 Å². The highest BCUT2D eigenvalue weighted by atomic mass is 19.1. The van der Waals surface area contributed by atoms with Gasteiger partial charge in [-0.1, -0.05) is 32.0 Å². The molecule has 0 aromatic heterocycles. The van der Waals surface area contributed by atoms with E-state index in [0.29, 0.717) is 13.0 Å². The Morgan fingerprint density at radius 1 is 1.21 bits per heavy atom. The molecule has 0 saturated carbocycles. The van der Waals surface area contributed by atoms with E-state index in [-0.39, 0.29) is 18.0 Å². The number of hydrogen-bond donors (Lipinski definition) is 1. The van der Waals surface area contributed by atoms with Crippen molar-refractivity contribution in [2.24, 2.45) is 0 Å². The normalized spacial score (nSPS) is 14.3. The van der Waals surface area contributed by atoms with E-state index in [4.69, 9.17) is 4.74 Å². The molecule has 108 valence electrons. The summed E-state index contributed by atoms with van der Waals surface area (Å²) in [4.78, 5) is 0. The van der Waals surface area contributed by atoms with E-state index in [9.17, 15) is 4.39 Å². The summed E-state index contributed by atoms with van der Waals surface area (Å²) in [6, 6.07) is 7.16. The van der Waals surface area contributed by atoms with E-state index < -0.39 is 0 Å². The van der Waals surface area contributed by atoms with Crippen molar-refractivity contribution in [1.82, 2.24) is 5.32 Å². The van der Waals surface area contributed by atoms with Crippen LogP contribution in [0.15, 0.2) is 24.3 Å². The van der Waals surface area contributed by atoms with Crippen LogP contribution in [-0.2, 0) is 11.2 Å². The lowest BCUT2D eigenvalue weighted by Crippen LogP contribution is -2.43. The summed E-state index contributed by atoms with van der Waals surface area (Å²) in [7, 11) is 0. The maximum absolute atomic E-state index is 13.8. The van der Waals surface area contributed by atoms with Gasteiger partial charge in [0.05, 0.1) is 6.10 Å². The lowest BCUT2D eigenvalue weighted by Gasteiger charge is -2.27. The van der Waals surface area contributed by atoms with Crippen molar-refractivity contribution in [2.45, 2.75) is 52.2 Å². The van der Waals surface area contributed by atoms with Gasteiger partial charge in [0.2, 0.25) is 0 Å². The minimum absolute atomic E-state index is 0.128. The number of rotatable bonds is 9. The van der Waals surface area contributed by atoms with Crippen LogP contribution in [0, 0.1) is 5.82 Å². The maximum Gasteiger partial charge on any atom is 0.126 e. The third-order valence-electron chi connectivity index (χ3n) is 3.29.